The van der Waals surface area contributed by atoms with E-state index in [1.807, 2.05) is 30.0 Å². The van der Waals surface area contributed by atoms with Crippen LogP contribution in [0, 0.1) is 6.92 Å². The molecule has 1 aromatic carbocycles. The lowest BCUT2D eigenvalue weighted by Gasteiger charge is -2.17. The number of rotatable bonds is 4. The summed E-state index contributed by atoms with van der Waals surface area (Å²) in [4.78, 5) is 27.5. The van der Waals surface area contributed by atoms with Crippen molar-refractivity contribution in [2.24, 2.45) is 5.73 Å². The lowest BCUT2D eigenvalue weighted by Crippen LogP contribution is -2.23. The van der Waals surface area contributed by atoms with Crippen LogP contribution in [0.2, 0.25) is 0 Å². The number of fused-ring (bicyclic) bond motifs is 1. The standard InChI is InChI=1S/C22H22N8O2/c1-11-2-3-15-14(9-26-29-15)18(11)13-8-17(27-20(19(13)23)21(24)32)16-4-6-25-22(28-16)30-7-5-12(31)10-30/h2-4,6,8-9,12,31H,5,7,10,23H2,1H3,(H2,24,32)(H,26,29)/t12-/m0/s1. The van der Waals surface area contributed by atoms with Gasteiger partial charge in [-0.05, 0) is 42.7 Å². The molecule has 1 aliphatic heterocycles. The highest BCUT2D eigenvalue weighted by molar-refractivity contribution is 6.05. The summed E-state index contributed by atoms with van der Waals surface area (Å²) in [7, 11) is 0. The Bertz CT molecular complexity index is 1350. The molecular weight excluding hydrogens is 408 g/mol. The van der Waals surface area contributed by atoms with Crippen molar-refractivity contribution in [1.29, 1.82) is 0 Å². The van der Waals surface area contributed by atoms with E-state index in [0.29, 0.717) is 42.4 Å². The van der Waals surface area contributed by atoms with Crippen molar-refractivity contribution in [2.45, 2.75) is 19.4 Å². The molecule has 1 fully saturated rings. The van der Waals surface area contributed by atoms with Gasteiger partial charge in [-0.1, -0.05) is 6.07 Å². The fourth-order valence-electron chi connectivity index (χ4n) is 4.13. The van der Waals surface area contributed by atoms with Crippen LogP contribution in [0.1, 0.15) is 22.5 Å². The number of nitrogens with two attached hydrogens (primary N) is 2. The molecule has 1 aliphatic rings. The number of aryl methyl sites for hydroxylation is 1. The number of aliphatic hydroxyl groups is 1. The number of H-pyrrole nitrogens is 1. The predicted octanol–water partition coefficient (Wildman–Crippen LogP) is 1.64. The number of β-amino-alcohol motifs (C(OH)–C–C–N with tert-alkyl or cyclic N) is 1. The fraction of sp³-hybridized carbons (Fsp3) is 0.227. The molecule has 6 N–H and O–H groups in total. The number of hydrogen-bond acceptors (Lipinski definition) is 8. The Hall–Kier alpha value is -4.05. The molecule has 1 amide bonds. The number of anilines is 2. The number of carbonyl (C=O) groups excluding carboxylic acids is 1. The Morgan fingerprint density at radius 2 is 2.09 bits per heavy atom. The Labute approximate surface area is 183 Å². The van der Waals surface area contributed by atoms with Gasteiger partial charge < -0.3 is 21.5 Å². The summed E-state index contributed by atoms with van der Waals surface area (Å²) in [6.07, 6.45) is 3.62. The second-order valence-corrected chi connectivity index (χ2v) is 7.90. The van der Waals surface area contributed by atoms with Crippen LogP contribution in [-0.4, -0.2) is 55.4 Å². The Morgan fingerprint density at radius 3 is 2.84 bits per heavy atom. The fourth-order valence-corrected chi connectivity index (χ4v) is 4.13. The van der Waals surface area contributed by atoms with Gasteiger partial charge in [0.05, 0.1) is 34.9 Å². The molecule has 0 bridgehead atoms. The molecule has 0 spiro atoms. The molecular formula is C22H22N8O2. The van der Waals surface area contributed by atoms with Crippen LogP contribution >= 0.6 is 0 Å². The van der Waals surface area contributed by atoms with Gasteiger partial charge in [-0.15, -0.1) is 0 Å². The third-order valence-corrected chi connectivity index (χ3v) is 5.75. The molecule has 10 nitrogen and oxygen atoms in total. The van der Waals surface area contributed by atoms with Crippen molar-refractivity contribution in [3.05, 3.63) is 47.9 Å². The number of carbonyl (C=O) groups is 1. The highest BCUT2D eigenvalue weighted by Gasteiger charge is 2.24. The van der Waals surface area contributed by atoms with Crippen LogP contribution in [0.4, 0.5) is 11.6 Å². The van der Waals surface area contributed by atoms with Gasteiger partial charge in [0.2, 0.25) is 5.95 Å². The van der Waals surface area contributed by atoms with Crippen LogP contribution in [0.5, 0.6) is 0 Å². The monoisotopic (exact) mass is 430 g/mol. The van der Waals surface area contributed by atoms with E-state index in [1.165, 1.54) is 0 Å². The second kappa shape index (κ2) is 7.57. The normalized spacial score (nSPS) is 16.1. The van der Waals surface area contributed by atoms with Crippen molar-refractivity contribution in [3.8, 4) is 22.5 Å². The molecule has 0 unspecified atom stereocenters. The zero-order chi connectivity index (χ0) is 22.4. The first kappa shape index (κ1) is 19.9. The van der Waals surface area contributed by atoms with E-state index < -0.39 is 12.0 Å². The molecule has 1 saturated heterocycles. The van der Waals surface area contributed by atoms with Gasteiger partial charge in [0, 0.05) is 30.2 Å². The minimum absolute atomic E-state index is 0.0193. The molecule has 5 rings (SSSR count). The summed E-state index contributed by atoms with van der Waals surface area (Å²) in [5, 5.41) is 17.8. The second-order valence-electron chi connectivity index (χ2n) is 7.90. The van der Waals surface area contributed by atoms with Gasteiger partial charge in [0.25, 0.3) is 5.91 Å². The minimum atomic E-state index is -0.723. The van der Waals surface area contributed by atoms with Crippen molar-refractivity contribution in [3.63, 3.8) is 0 Å². The topological polar surface area (TPSA) is 160 Å². The summed E-state index contributed by atoms with van der Waals surface area (Å²) in [6.45, 7) is 3.10. The van der Waals surface area contributed by atoms with E-state index in [4.69, 9.17) is 11.5 Å². The van der Waals surface area contributed by atoms with Crippen LogP contribution < -0.4 is 16.4 Å². The van der Waals surface area contributed by atoms with Gasteiger partial charge in [0.1, 0.15) is 0 Å². The molecule has 4 aromatic rings. The summed E-state index contributed by atoms with van der Waals surface area (Å²) in [5.74, 6) is -0.229. The minimum Gasteiger partial charge on any atom is -0.396 e. The summed E-state index contributed by atoms with van der Waals surface area (Å²) >= 11 is 0. The first-order valence-corrected chi connectivity index (χ1v) is 10.2. The van der Waals surface area contributed by atoms with Crippen LogP contribution in [0.3, 0.4) is 0 Å². The van der Waals surface area contributed by atoms with Crippen LogP contribution in [0.25, 0.3) is 33.4 Å². The quantitative estimate of drug-likeness (QED) is 0.380. The number of nitrogens with one attached hydrogen (secondary N) is 1. The Kier molecular flexibility index (Phi) is 4.71. The van der Waals surface area contributed by atoms with E-state index in [1.54, 1.807) is 18.5 Å². The zero-order valence-corrected chi connectivity index (χ0v) is 17.4. The highest BCUT2D eigenvalue weighted by Crippen LogP contribution is 2.37. The lowest BCUT2D eigenvalue weighted by molar-refractivity contribution is 0.0996. The molecule has 1 atom stereocenters. The maximum absolute atomic E-state index is 12.2. The average Bonchev–Trinajstić information content (AvgIpc) is 3.43. The van der Waals surface area contributed by atoms with Gasteiger partial charge in [-0.3, -0.25) is 9.89 Å². The summed E-state index contributed by atoms with van der Waals surface area (Å²) in [6, 6.07) is 7.42. The molecule has 32 heavy (non-hydrogen) atoms. The van der Waals surface area contributed by atoms with Gasteiger partial charge in [-0.25, -0.2) is 15.0 Å². The number of benzene rings is 1. The number of primary amides is 1. The average molecular weight is 430 g/mol. The molecule has 162 valence electrons. The SMILES string of the molecule is Cc1ccc2[nH]ncc2c1-c1cc(-c2ccnc(N3CC[C@H](O)C3)n2)nc(C(N)=O)c1N. The largest absolute Gasteiger partial charge is 0.396 e. The number of pyridine rings is 1. The zero-order valence-electron chi connectivity index (χ0n) is 17.4. The number of nitrogens with zero attached hydrogens (tertiary/aromatic N) is 5. The number of nitrogen functional groups attached to an aromatic ring is 1. The summed E-state index contributed by atoms with van der Waals surface area (Å²) in [5.41, 5.74) is 16.4. The van der Waals surface area contributed by atoms with Gasteiger partial charge >= 0.3 is 0 Å². The van der Waals surface area contributed by atoms with E-state index >= 15 is 0 Å². The van der Waals surface area contributed by atoms with E-state index in [0.717, 1.165) is 22.0 Å². The molecule has 3 aromatic heterocycles. The number of amides is 1. The molecule has 4 heterocycles. The van der Waals surface area contributed by atoms with Crippen molar-refractivity contribution in [1.82, 2.24) is 25.1 Å². The van der Waals surface area contributed by atoms with Crippen LogP contribution in [-0.2, 0) is 0 Å². The number of aliphatic hydroxyl groups excluding tert-OH is 1. The third kappa shape index (κ3) is 3.30. The first-order valence-electron chi connectivity index (χ1n) is 10.2. The molecule has 10 heteroatoms. The smallest absolute Gasteiger partial charge is 0.269 e. The van der Waals surface area contributed by atoms with E-state index in [-0.39, 0.29) is 11.4 Å². The van der Waals surface area contributed by atoms with Gasteiger partial charge in [0.15, 0.2) is 5.69 Å². The highest BCUT2D eigenvalue weighted by atomic mass is 16.3. The summed E-state index contributed by atoms with van der Waals surface area (Å²) < 4.78 is 0. The Balaban J connectivity index is 1.70. The van der Waals surface area contributed by atoms with Crippen molar-refractivity contribution in [2.75, 3.05) is 23.7 Å². The molecule has 0 radical (unpaired) electrons. The maximum Gasteiger partial charge on any atom is 0.269 e. The van der Waals surface area contributed by atoms with E-state index in [2.05, 4.69) is 25.1 Å². The van der Waals surface area contributed by atoms with Gasteiger partial charge in [-0.2, -0.15) is 5.10 Å². The molecule has 0 aliphatic carbocycles. The Morgan fingerprint density at radius 1 is 1.25 bits per heavy atom. The first-order chi connectivity index (χ1) is 15.4. The van der Waals surface area contributed by atoms with Crippen molar-refractivity contribution < 1.29 is 9.90 Å². The van der Waals surface area contributed by atoms with Crippen LogP contribution in [0.15, 0.2) is 36.7 Å². The number of aromatic amines is 1. The molecule has 0 saturated carbocycles. The third-order valence-electron chi connectivity index (χ3n) is 5.75. The lowest BCUT2D eigenvalue weighted by atomic mass is 9.94. The van der Waals surface area contributed by atoms with E-state index in [9.17, 15) is 9.90 Å². The predicted molar refractivity (Wildman–Crippen MR) is 121 cm³/mol. The van der Waals surface area contributed by atoms with Crippen molar-refractivity contribution >= 4 is 28.4 Å². The maximum atomic E-state index is 12.2. The number of hydrogen-bond donors (Lipinski definition) is 4. The number of aromatic nitrogens is 5.